The molecule has 0 aliphatic rings. The predicted molar refractivity (Wildman–Crippen MR) is 55.6 cm³/mol. The van der Waals surface area contributed by atoms with Crippen molar-refractivity contribution in [2.24, 2.45) is 5.73 Å². The van der Waals surface area contributed by atoms with E-state index in [2.05, 4.69) is 10.3 Å². The number of hydrogen-bond acceptors (Lipinski definition) is 3. The Hall–Kier alpha value is -1.09. The lowest BCUT2D eigenvalue weighted by Crippen LogP contribution is -2.34. The first kappa shape index (κ1) is 9.99. The van der Waals surface area contributed by atoms with Gasteiger partial charge in [0.1, 0.15) is 5.82 Å². The zero-order valence-corrected chi connectivity index (χ0v) is 8.25. The van der Waals surface area contributed by atoms with Crippen LogP contribution in [0.2, 0.25) is 0 Å². The largest absolute Gasteiger partial charge is 0.370 e. The number of nitrogens with two attached hydrogens (primary N) is 1. The molecule has 0 bridgehead atoms. The minimum atomic E-state index is -0.109. The fraction of sp³-hybridized carbons (Fsp3) is 0.500. The van der Waals surface area contributed by atoms with E-state index in [0.717, 1.165) is 18.8 Å². The molecule has 1 rings (SSSR count). The Morgan fingerprint density at radius 3 is 2.77 bits per heavy atom. The van der Waals surface area contributed by atoms with Crippen LogP contribution in [0, 0.1) is 0 Å². The molecule has 0 spiro atoms. The van der Waals surface area contributed by atoms with Gasteiger partial charge in [-0.25, -0.2) is 4.98 Å². The van der Waals surface area contributed by atoms with Gasteiger partial charge in [-0.3, -0.25) is 0 Å². The number of nitrogens with one attached hydrogen (secondary N) is 1. The van der Waals surface area contributed by atoms with Crippen LogP contribution in [0.15, 0.2) is 24.4 Å². The number of hydrogen-bond donors (Lipinski definition) is 2. The van der Waals surface area contributed by atoms with Gasteiger partial charge in [-0.1, -0.05) is 6.07 Å². The summed E-state index contributed by atoms with van der Waals surface area (Å²) in [5.74, 6) is 0.909. The van der Waals surface area contributed by atoms with Crippen molar-refractivity contribution in [3.05, 3.63) is 24.4 Å². The molecule has 0 amide bonds. The summed E-state index contributed by atoms with van der Waals surface area (Å²) >= 11 is 0. The highest BCUT2D eigenvalue weighted by Crippen LogP contribution is 2.05. The summed E-state index contributed by atoms with van der Waals surface area (Å²) in [7, 11) is 0. The van der Waals surface area contributed by atoms with Crippen LogP contribution in [0.25, 0.3) is 0 Å². The Balaban J connectivity index is 2.29. The molecule has 0 fully saturated rings. The second-order valence-electron chi connectivity index (χ2n) is 3.88. The number of aromatic nitrogens is 1. The van der Waals surface area contributed by atoms with Crippen LogP contribution >= 0.6 is 0 Å². The Morgan fingerprint density at radius 1 is 1.46 bits per heavy atom. The van der Waals surface area contributed by atoms with Gasteiger partial charge in [0.25, 0.3) is 0 Å². The van der Waals surface area contributed by atoms with Crippen LogP contribution in [-0.2, 0) is 0 Å². The van der Waals surface area contributed by atoms with E-state index in [1.54, 1.807) is 6.20 Å². The number of pyridine rings is 1. The molecule has 3 N–H and O–H groups in total. The third-order valence-electron chi connectivity index (χ3n) is 1.74. The third kappa shape index (κ3) is 4.48. The van der Waals surface area contributed by atoms with Gasteiger partial charge in [-0.05, 0) is 32.4 Å². The standard InChI is InChI=1S/C10H17N3/c1-10(2,11)6-8-13-9-5-3-4-7-12-9/h3-5,7H,6,8,11H2,1-2H3,(H,12,13). The number of rotatable bonds is 4. The quantitative estimate of drug-likeness (QED) is 0.738. The summed E-state index contributed by atoms with van der Waals surface area (Å²) in [6.07, 6.45) is 2.71. The van der Waals surface area contributed by atoms with E-state index in [1.807, 2.05) is 32.0 Å². The van der Waals surface area contributed by atoms with Gasteiger partial charge in [0.15, 0.2) is 0 Å². The van der Waals surface area contributed by atoms with E-state index in [-0.39, 0.29) is 5.54 Å². The zero-order valence-electron chi connectivity index (χ0n) is 8.25. The maximum atomic E-state index is 5.84. The van der Waals surface area contributed by atoms with Crippen LogP contribution in [0.5, 0.6) is 0 Å². The van der Waals surface area contributed by atoms with E-state index in [1.165, 1.54) is 0 Å². The van der Waals surface area contributed by atoms with Crippen molar-refractivity contribution in [3.8, 4) is 0 Å². The summed E-state index contributed by atoms with van der Waals surface area (Å²) in [6, 6.07) is 5.81. The Kier molecular flexibility index (Phi) is 3.25. The molecule has 0 unspecified atom stereocenters. The van der Waals surface area contributed by atoms with Crippen molar-refractivity contribution in [2.75, 3.05) is 11.9 Å². The monoisotopic (exact) mass is 179 g/mol. The molecular weight excluding hydrogens is 162 g/mol. The maximum absolute atomic E-state index is 5.84. The average Bonchev–Trinajstić information content (AvgIpc) is 2.04. The van der Waals surface area contributed by atoms with Gasteiger partial charge in [-0.2, -0.15) is 0 Å². The van der Waals surface area contributed by atoms with Crippen LogP contribution < -0.4 is 11.1 Å². The molecule has 72 valence electrons. The third-order valence-corrected chi connectivity index (χ3v) is 1.74. The fourth-order valence-corrected chi connectivity index (χ4v) is 0.980. The molecule has 3 nitrogen and oxygen atoms in total. The van der Waals surface area contributed by atoms with Crippen LogP contribution in [0.3, 0.4) is 0 Å². The highest BCUT2D eigenvalue weighted by molar-refractivity contribution is 5.32. The molecule has 1 aromatic heterocycles. The molecule has 0 aliphatic heterocycles. The lowest BCUT2D eigenvalue weighted by Gasteiger charge is -2.18. The van der Waals surface area contributed by atoms with Gasteiger partial charge in [-0.15, -0.1) is 0 Å². The van der Waals surface area contributed by atoms with Gasteiger partial charge in [0.05, 0.1) is 0 Å². The normalized spacial score (nSPS) is 11.3. The van der Waals surface area contributed by atoms with Crippen LogP contribution in [0.1, 0.15) is 20.3 Å². The summed E-state index contributed by atoms with van der Waals surface area (Å²) in [5.41, 5.74) is 5.73. The SMILES string of the molecule is CC(C)(N)CCNc1ccccn1. The minimum absolute atomic E-state index is 0.109. The van der Waals surface area contributed by atoms with E-state index in [9.17, 15) is 0 Å². The van der Waals surface area contributed by atoms with Crippen molar-refractivity contribution >= 4 is 5.82 Å². The van der Waals surface area contributed by atoms with Crippen molar-refractivity contribution < 1.29 is 0 Å². The molecule has 0 aliphatic carbocycles. The van der Waals surface area contributed by atoms with Crippen molar-refractivity contribution in [1.82, 2.24) is 4.98 Å². The molecule has 0 atom stereocenters. The Morgan fingerprint density at radius 2 is 2.23 bits per heavy atom. The Bertz CT molecular complexity index is 238. The first-order valence-corrected chi connectivity index (χ1v) is 4.52. The second kappa shape index (κ2) is 4.23. The van der Waals surface area contributed by atoms with E-state index in [0.29, 0.717) is 0 Å². The molecular formula is C10H17N3. The van der Waals surface area contributed by atoms with Crippen molar-refractivity contribution in [3.63, 3.8) is 0 Å². The molecule has 0 radical (unpaired) electrons. The number of nitrogens with zero attached hydrogens (tertiary/aromatic N) is 1. The second-order valence-corrected chi connectivity index (χ2v) is 3.88. The zero-order chi connectivity index (χ0) is 9.73. The van der Waals surface area contributed by atoms with Crippen LogP contribution in [0.4, 0.5) is 5.82 Å². The molecule has 0 saturated carbocycles. The average molecular weight is 179 g/mol. The molecule has 0 saturated heterocycles. The van der Waals surface area contributed by atoms with Gasteiger partial charge < -0.3 is 11.1 Å². The molecule has 1 aromatic rings. The van der Waals surface area contributed by atoms with E-state index >= 15 is 0 Å². The van der Waals surface area contributed by atoms with Gasteiger partial charge >= 0.3 is 0 Å². The minimum Gasteiger partial charge on any atom is -0.370 e. The van der Waals surface area contributed by atoms with Gasteiger partial charge in [0, 0.05) is 18.3 Å². The summed E-state index contributed by atoms with van der Waals surface area (Å²) in [5, 5.41) is 3.21. The summed E-state index contributed by atoms with van der Waals surface area (Å²) in [4.78, 5) is 4.15. The highest BCUT2D eigenvalue weighted by atomic mass is 15.0. The van der Waals surface area contributed by atoms with E-state index in [4.69, 9.17) is 5.73 Å². The molecule has 3 heteroatoms. The molecule has 0 aromatic carbocycles. The van der Waals surface area contributed by atoms with Crippen molar-refractivity contribution in [1.29, 1.82) is 0 Å². The first-order chi connectivity index (χ1) is 6.08. The Labute approximate surface area is 79.4 Å². The lowest BCUT2D eigenvalue weighted by molar-refractivity contribution is 0.490. The van der Waals surface area contributed by atoms with Crippen LogP contribution in [-0.4, -0.2) is 17.1 Å². The lowest BCUT2D eigenvalue weighted by atomic mass is 10.0. The summed E-state index contributed by atoms with van der Waals surface area (Å²) < 4.78 is 0. The van der Waals surface area contributed by atoms with Gasteiger partial charge in [0.2, 0.25) is 0 Å². The predicted octanol–water partition coefficient (Wildman–Crippen LogP) is 1.62. The smallest absolute Gasteiger partial charge is 0.125 e. The fourth-order valence-electron chi connectivity index (χ4n) is 0.980. The maximum Gasteiger partial charge on any atom is 0.125 e. The topological polar surface area (TPSA) is 50.9 Å². The highest BCUT2D eigenvalue weighted by Gasteiger charge is 2.08. The summed E-state index contributed by atoms with van der Waals surface area (Å²) in [6.45, 7) is 4.90. The first-order valence-electron chi connectivity index (χ1n) is 4.52. The molecule has 13 heavy (non-hydrogen) atoms. The molecule has 1 heterocycles. The van der Waals surface area contributed by atoms with E-state index < -0.39 is 0 Å². The van der Waals surface area contributed by atoms with Crippen molar-refractivity contribution in [2.45, 2.75) is 25.8 Å². The number of anilines is 1.